The first kappa shape index (κ1) is 24.8. The van der Waals surface area contributed by atoms with E-state index < -0.39 is 10.8 Å². The van der Waals surface area contributed by atoms with Gasteiger partial charge in [-0.2, -0.15) is 0 Å². The Kier molecular flexibility index (Phi) is 7.45. The van der Waals surface area contributed by atoms with Crippen molar-refractivity contribution in [1.29, 1.82) is 0 Å². The normalized spacial score (nSPS) is 19.1. The number of carbonyl (C=O) groups excluding carboxylic acids is 4. The van der Waals surface area contributed by atoms with E-state index in [0.29, 0.717) is 24.8 Å². The number of nitrogens with zero attached hydrogens (tertiary/aromatic N) is 2. The third kappa shape index (κ3) is 5.81. The Bertz CT molecular complexity index is 839. The molecule has 0 radical (unpaired) electrons. The first-order valence-corrected chi connectivity index (χ1v) is 10.9. The van der Waals surface area contributed by atoms with E-state index in [2.05, 4.69) is 0 Å². The summed E-state index contributed by atoms with van der Waals surface area (Å²) in [6.07, 6.45) is 2.81. The summed E-state index contributed by atoms with van der Waals surface area (Å²) in [6, 6.07) is 8.76. The van der Waals surface area contributed by atoms with Crippen molar-refractivity contribution in [3.63, 3.8) is 0 Å². The average Bonchev–Trinajstić information content (AvgIpc) is 3.18. The van der Waals surface area contributed by atoms with Gasteiger partial charge in [0.1, 0.15) is 0 Å². The van der Waals surface area contributed by atoms with Gasteiger partial charge in [-0.3, -0.25) is 29.0 Å². The lowest BCUT2D eigenvalue weighted by Gasteiger charge is -2.31. The number of rotatable bonds is 5. The highest BCUT2D eigenvalue weighted by Gasteiger charge is 2.41. The summed E-state index contributed by atoms with van der Waals surface area (Å²) < 4.78 is 0. The zero-order valence-corrected chi connectivity index (χ0v) is 19.9. The zero-order chi connectivity index (χ0) is 23.6. The van der Waals surface area contributed by atoms with E-state index >= 15 is 0 Å². The molecule has 170 valence electrons. The summed E-state index contributed by atoms with van der Waals surface area (Å²) >= 11 is 0. The van der Waals surface area contributed by atoms with Crippen molar-refractivity contribution in [2.45, 2.75) is 60.3 Å². The number of hydrogen-bond donors (Lipinski definition) is 0. The monoisotopic (exact) mass is 428 g/mol. The molecule has 2 atom stereocenters. The van der Waals surface area contributed by atoms with Gasteiger partial charge in [-0.25, -0.2) is 0 Å². The molecule has 1 aliphatic carbocycles. The van der Waals surface area contributed by atoms with E-state index in [0.717, 1.165) is 6.42 Å². The number of carbonyl (C=O) groups is 4. The maximum atomic E-state index is 13.1. The number of hydrogen-bond acceptors (Lipinski definition) is 4. The molecule has 6 heteroatoms. The van der Waals surface area contributed by atoms with E-state index in [4.69, 9.17) is 0 Å². The molecule has 0 aliphatic heterocycles. The number of benzene rings is 1. The van der Waals surface area contributed by atoms with E-state index in [9.17, 15) is 19.2 Å². The van der Waals surface area contributed by atoms with Gasteiger partial charge >= 0.3 is 0 Å². The number of amides is 4. The highest BCUT2D eigenvalue weighted by atomic mass is 16.2. The Morgan fingerprint density at radius 1 is 0.871 bits per heavy atom. The molecular weight excluding hydrogens is 392 g/mol. The molecule has 1 aromatic rings. The molecule has 2 rings (SSSR count). The summed E-state index contributed by atoms with van der Waals surface area (Å²) in [6.45, 7) is 9.12. The van der Waals surface area contributed by atoms with Crippen molar-refractivity contribution in [3.05, 3.63) is 35.9 Å². The molecule has 2 unspecified atom stereocenters. The fourth-order valence-corrected chi connectivity index (χ4v) is 4.49. The molecule has 1 saturated carbocycles. The molecule has 1 fully saturated rings. The third-order valence-corrected chi connectivity index (χ3v) is 6.18. The van der Waals surface area contributed by atoms with Crippen LogP contribution in [0.1, 0.15) is 70.7 Å². The smallest absolute Gasteiger partial charge is 0.260 e. The van der Waals surface area contributed by atoms with E-state index in [-0.39, 0.29) is 35.5 Å². The van der Waals surface area contributed by atoms with Crippen LogP contribution >= 0.6 is 0 Å². The molecule has 0 N–H and O–H groups in total. The van der Waals surface area contributed by atoms with Crippen molar-refractivity contribution in [3.8, 4) is 0 Å². The van der Waals surface area contributed by atoms with Crippen LogP contribution in [0.4, 0.5) is 0 Å². The predicted octanol–water partition coefficient (Wildman–Crippen LogP) is 4.15. The summed E-state index contributed by atoms with van der Waals surface area (Å²) in [4.78, 5) is 53.4. The maximum absolute atomic E-state index is 13.1. The average molecular weight is 429 g/mol. The van der Waals surface area contributed by atoms with Gasteiger partial charge in [0.15, 0.2) is 0 Å². The van der Waals surface area contributed by atoms with Gasteiger partial charge in [0.2, 0.25) is 17.7 Å². The molecule has 31 heavy (non-hydrogen) atoms. The van der Waals surface area contributed by atoms with Crippen molar-refractivity contribution < 1.29 is 19.2 Å². The molecule has 1 aromatic carbocycles. The van der Waals surface area contributed by atoms with Crippen LogP contribution in [0.3, 0.4) is 0 Å². The molecule has 4 amide bonds. The lowest BCUT2D eigenvalue weighted by Crippen LogP contribution is -2.43. The second-order valence-corrected chi connectivity index (χ2v) is 10.5. The zero-order valence-electron chi connectivity index (χ0n) is 19.9. The molecule has 0 bridgehead atoms. The Balaban J connectivity index is 1.99. The topological polar surface area (TPSA) is 74.8 Å². The van der Waals surface area contributed by atoms with E-state index in [1.54, 1.807) is 52.1 Å². The van der Waals surface area contributed by atoms with Gasteiger partial charge in [-0.15, -0.1) is 0 Å². The van der Waals surface area contributed by atoms with Crippen molar-refractivity contribution in [2.75, 3.05) is 14.1 Å². The second-order valence-electron chi connectivity index (χ2n) is 10.5. The fraction of sp³-hybridized carbons (Fsp3) is 0.600. The van der Waals surface area contributed by atoms with Crippen LogP contribution in [0.5, 0.6) is 0 Å². The molecule has 0 spiro atoms. The SMILES string of the molecule is CN(C(=O)C1CCC(CC(C)(C)C(=O)N(C)C(=O)c2ccccc2)C1)C(=O)C(C)(C)C. The summed E-state index contributed by atoms with van der Waals surface area (Å²) in [5.74, 6) is -0.862. The lowest BCUT2D eigenvalue weighted by molar-refractivity contribution is -0.150. The maximum Gasteiger partial charge on any atom is 0.260 e. The van der Waals surface area contributed by atoms with Crippen molar-refractivity contribution in [2.24, 2.45) is 22.7 Å². The fourth-order valence-electron chi connectivity index (χ4n) is 4.49. The number of imide groups is 2. The van der Waals surface area contributed by atoms with E-state index in [1.807, 2.05) is 19.9 Å². The minimum Gasteiger partial charge on any atom is -0.285 e. The van der Waals surface area contributed by atoms with Gasteiger partial charge in [0, 0.05) is 36.4 Å². The quantitative estimate of drug-likeness (QED) is 0.706. The predicted molar refractivity (Wildman–Crippen MR) is 120 cm³/mol. The lowest BCUT2D eigenvalue weighted by atomic mass is 9.80. The Morgan fingerprint density at radius 3 is 2.00 bits per heavy atom. The highest BCUT2D eigenvalue weighted by molar-refractivity contribution is 6.05. The van der Waals surface area contributed by atoms with Gasteiger partial charge in [-0.05, 0) is 43.7 Å². The van der Waals surface area contributed by atoms with E-state index in [1.165, 1.54) is 16.8 Å². The third-order valence-electron chi connectivity index (χ3n) is 6.18. The van der Waals surface area contributed by atoms with Crippen LogP contribution in [0, 0.1) is 22.7 Å². The summed E-state index contributed by atoms with van der Waals surface area (Å²) in [5, 5.41) is 0. The van der Waals surface area contributed by atoms with Crippen LogP contribution in [0.2, 0.25) is 0 Å². The summed E-state index contributed by atoms with van der Waals surface area (Å²) in [7, 11) is 3.08. The Morgan fingerprint density at radius 2 is 1.45 bits per heavy atom. The molecule has 0 aromatic heterocycles. The Labute approximate surface area is 186 Å². The Hall–Kier alpha value is -2.50. The van der Waals surface area contributed by atoms with Gasteiger partial charge < -0.3 is 0 Å². The molecule has 0 heterocycles. The van der Waals surface area contributed by atoms with Gasteiger partial charge in [0.05, 0.1) is 0 Å². The van der Waals surface area contributed by atoms with Crippen molar-refractivity contribution in [1.82, 2.24) is 9.80 Å². The first-order chi connectivity index (χ1) is 14.3. The van der Waals surface area contributed by atoms with Crippen LogP contribution in [-0.4, -0.2) is 47.5 Å². The van der Waals surface area contributed by atoms with Gasteiger partial charge in [-0.1, -0.05) is 52.8 Å². The summed E-state index contributed by atoms with van der Waals surface area (Å²) in [5.41, 5.74) is -0.853. The minimum atomic E-state index is -0.727. The highest BCUT2D eigenvalue weighted by Crippen LogP contribution is 2.40. The van der Waals surface area contributed by atoms with Crippen molar-refractivity contribution >= 4 is 23.6 Å². The standard InChI is InChI=1S/C25H36N2O4/c1-24(2,3)22(30)26(6)21(29)19-14-13-17(15-19)16-25(4,5)23(31)27(7)20(28)18-11-9-8-10-12-18/h8-12,17,19H,13-16H2,1-7H3. The molecule has 0 saturated heterocycles. The first-order valence-electron chi connectivity index (χ1n) is 10.9. The molecule has 1 aliphatic rings. The van der Waals surface area contributed by atoms with Crippen LogP contribution < -0.4 is 0 Å². The largest absolute Gasteiger partial charge is 0.285 e. The van der Waals surface area contributed by atoms with Crippen LogP contribution in [-0.2, 0) is 14.4 Å². The van der Waals surface area contributed by atoms with Gasteiger partial charge in [0.25, 0.3) is 5.91 Å². The molecular formula is C25H36N2O4. The minimum absolute atomic E-state index is 0.136. The molecule has 6 nitrogen and oxygen atoms in total. The van der Waals surface area contributed by atoms with Crippen LogP contribution in [0.15, 0.2) is 30.3 Å². The second kappa shape index (κ2) is 9.33. The van der Waals surface area contributed by atoms with Crippen LogP contribution in [0.25, 0.3) is 0 Å².